The Balaban J connectivity index is 3.24. The van der Waals surface area contributed by atoms with Gasteiger partial charge < -0.3 is 10.6 Å². The highest BCUT2D eigenvalue weighted by Crippen LogP contribution is 2.30. The van der Waals surface area contributed by atoms with Gasteiger partial charge in [0.15, 0.2) is 5.82 Å². The van der Waals surface area contributed by atoms with Crippen LogP contribution in [0.25, 0.3) is 0 Å². The third-order valence-electron chi connectivity index (χ3n) is 2.40. The van der Waals surface area contributed by atoms with E-state index in [1.807, 2.05) is 13.8 Å². The summed E-state index contributed by atoms with van der Waals surface area (Å²) in [6, 6.07) is 2.17. The van der Waals surface area contributed by atoms with Crippen LogP contribution in [0.4, 0.5) is 21.5 Å². The van der Waals surface area contributed by atoms with Gasteiger partial charge in [0, 0.05) is 13.1 Å². The smallest absolute Gasteiger partial charge is 0.295 e. The van der Waals surface area contributed by atoms with Crippen LogP contribution in [0.15, 0.2) is 12.1 Å². The van der Waals surface area contributed by atoms with Gasteiger partial charge in [0.05, 0.1) is 16.7 Å². The number of hydrogen-bond acceptors (Lipinski definition) is 4. The molecule has 88 valence electrons. The van der Waals surface area contributed by atoms with Crippen molar-refractivity contribution in [2.24, 2.45) is 0 Å². The fraction of sp³-hybridized carbons (Fsp3) is 0.400. The van der Waals surface area contributed by atoms with Gasteiger partial charge in [-0.2, -0.15) is 0 Å². The van der Waals surface area contributed by atoms with E-state index in [4.69, 9.17) is 5.73 Å². The molecule has 0 unspecified atom stereocenters. The number of nitro benzene ring substituents is 1. The molecular formula is C10H14FN3O2. The molecule has 0 heterocycles. The lowest BCUT2D eigenvalue weighted by Crippen LogP contribution is -2.23. The normalized spacial score (nSPS) is 10.2. The van der Waals surface area contributed by atoms with Gasteiger partial charge in [0.2, 0.25) is 0 Å². The predicted molar refractivity (Wildman–Crippen MR) is 61.0 cm³/mol. The van der Waals surface area contributed by atoms with Gasteiger partial charge in [-0.3, -0.25) is 10.1 Å². The number of nitrogen functional groups attached to an aromatic ring is 1. The number of benzene rings is 1. The largest absolute Gasteiger partial charge is 0.393 e. The van der Waals surface area contributed by atoms with Crippen LogP contribution in [0.3, 0.4) is 0 Å². The van der Waals surface area contributed by atoms with E-state index in [1.165, 1.54) is 6.07 Å². The van der Waals surface area contributed by atoms with Crippen molar-refractivity contribution >= 4 is 17.1 Å². The molecule has 0 amide bonds. The Morgan fingerprint density at radius 2 is 2.00 bits per heavy atom. The third kappa shape index (κ3) is 2.21. The molecule has 0 saturated carbocycles. The maximum Gasteiger partial charge on any atom is 0.295 e. The molecule has 2 N–H and O–H groups in total. The zero-order valence-corrected chi connectivity index (χ0v) is 9.24. The minimum atomic E-state index is -0.690. The molecule has 0 radical (unpaired) electrons. The summed E-state index contributed by atoms with van der Waals surface area (Å²) in [7, 11) is 0. The highest BCUT2D eigenvalue weighted by atomic mass is 19.1. The molecule has 0 bridgehead atoms. The van der Waals surface area contributed by atoms with Crippen molar-refractivity contribution in [3.8, 4) is 0 Å². The maximum absolute atomic E-state index is 13.6. The summed E-state index contributed by atoms with van der Waals surface area (Å²) in [5, 5.41) is 10.5. The second-order valence-corrected chi connectivity index (χ2v) is 3.29. The first kappa shape index (κ1) is 12.2. The summed E-state index contributed by atoms with van der Waals surface area (Å²) in [4.78, 5) is 11.6. The second kappa shape index (κ2) is 4.78. The zero-order valence-electron chi connectivity index (χ0n) is 9.24. The Morgan fingerprint density at radius 1 is 1.44 bits per heavy atom. The van der Waals surface area contributed by atoms with Gasteiger partial charge in [-0.25, -0.2) is 4.39 Å². The number of hydrogen-bond donors (Lipinski definition) is 1. The number of nitro groups is 1. The van der Waals surface area contributed by atoms with Crippen molar-refractivity contribution in [2.75, 3.05) is 23.7 Å². The van der Waals surface area contributed by atoms with Crippen LogP contribution < -0.4 is 10.6 Å². The monoisotopic (exact) mass is 227 g/mol. The van der Waals surface area contributed by atoms with Crippen LogP contribution in [-0.4, -0.2) is 18.0 Å². The molecule has 1 aromatic carbocycles. The molecule has 0 atom stereocenters. The van der Waals surface area contributed by atoms with E-state index in [0.717, 1.165) is 6.07 Å². The fourth-order valence-electron chi connectivity index (χ4n) is 1.53. The van der Waals surface area contributed by atoms with E-state index in [0.29, 0.717) is 18.8 Å². The molecule has 0 aliphatic rings. The van der Waals surface area contributed by atoms with Gasteiger partial charge >= 0.3 is 0 Å². The average molecular weight is 227 g/mol. The molecule has 0 saturated heterocycles. The lowest BCUT2D eigenvalue weighted by Gasteiger charge is -2.21. The Hall–Kier alpha value is -1.85. The molecule has 0 aliphatic carbocycles. The van der Waals surface area contributed by atoms with Gasteiger partial charge in [0.1, 0.15) is 5.69 Å². The molecule has 16 heavy (non-hydrogen) atoms. The van der Waals surface area contributed by atoms with Crippen molar-refractivity contribution in [1.82, 2.24) is 0 Å². The van der Waals surface area contributed by atoms with Crippen LogP contribution in [0.1, 0.15) is 13.8 Å². The van der Waals surface area contributed by atoms with Crippen molar-refractivity contribution in [3.05, 3.63) is 28.1 Å². The minimum absolute atomic E-state index is 0.0201. The number of nitrogens with two attached hydrogens (primary N) is 1. The highest BCUT2D eigenvalue weighted by molar-refractivity contribution is 5.67. The molecule has 6 heteroatoms. The van der Waals surface area contributed by atoms with Gasteiger partial charge in [-0.1, -0.05) is 0 Å². The summed E-state index contributed by atoms with van der Waals surface area (Å²) in [6.07, 6.45) is 0. The Labute approximate surface area is 92.8 Å². The lowest BCUT2D eigenvalue weighted by atomic mass is 10.2. The first-order valence-corrected chi connectivity index (χ1v) is 4.99. The molecule has 0 spiro atoms. The van der Waals surface area contributed by atoms with E-state index in [1.54, 1.807) is 4.90 Å². The minimum Gasteiger partial charge on any atom is -0.393 e. The number of rotatable bonds is 4. The van der Waals surface area contributed by atoms with Crippen molar-refractivity contribution in [2.45, 2.75) is 13.8 Å². The quantitative estimate of drug-likeness (QED) is 0.486. The number of nitrogens with zero attached hydrogens (tertiary/aromatic N) is 2. The summed E-state index contributed by atoms with van der Waals surface area (Å²) in [5.74, 6) is -0.621. The molecular weight excluding hydrogens is 213 g/mol. The van der Waals surface area contributed by atoms with E-state index in [2.05, 4.69) is 0 Å². The average Bonchev–Trinajstić information content (AvgIpc) is 2.23. The SMILES string of the molecule is CCN(CC)c1cc(N)c([N+](=O)[O-])cc1F. The highest BCUT2D eigenvalue weighted by Gasteiger charge is 2.18. The molecule has 0 aromatic heterocycles. The second-order valence-electron chi connectivity index (χ2n) is 3.29. The summed E-state index contributed by atoms with van der Waals surface area (Å²) < 4.78 is 13.6. The van der Waals surface area contributed by atoms with Crippen LogP contribution in [0.2, 0.25) is 0 Å². The fourth-order valence-corrected chi connectivity index (χ4v) is 1.53. The van der Waals surface area contributed by atoms with Gasteiger partial charge in [-0.15, -0.1) is 0 Å². The standard InChI is InChI=1S/C10H14FN3O2/c1-3-13(4-2)9-6-8(12)10(14(15)16)5-7(9)11/h5-6H,3-4,12H2,1-2H3. The van der Waals surface area contributed by atoms with Crippen LogP contribution >= 0.6 is 0 Å². The van der Waals surface area contributed by atoms with Crippen molar-refractivity contribution < 1.29 is 9.31 Å². The maximum atomic E-state index is 13.6. The van der Waals surface area contributed by atoms with Crippen LogP contribution in [0, 0.1) is 15.9 Å². The molecule has 0 fully saturated rings. The van der Waals surface area contributed by atoms with E-state index in [9.17, 15) is 14.5 Å². The topological polar surface area (TPSA) is 72.4 Å². The van der Waals surface area contributed by atoms with Crippen LogP contribution in [0.5, 0.6) is 0 Å². The van der Waals surface area contributed by atoms with Gasteiger partial charge in [0.25, 0.3) is 5.69 Å². The molecule has 1 rings (SSSR count). The molecule has 5 nitrogen and oxygen atoms in total. The summed E-state index contributed by atoms with van der Waals surface area (Å²) in [6.45, 7) is 4.98. The van der Waals surface area contributed by atoms with Gasteiger partial charge in [-0.05, 0) is 19.9 Å². The van der Waals surface area contributed by atoms with Crippen molar-refractivity contribution in [3.63, 3.8) is 0 Å². The third-order valence-corrected chi connectivity index (χ3v) is 2.40. The van der Waals surface area contributed by atoms with Crippen molar-refractivity contribution in [1.29, 1.82) is 0 Å². The summed E-state index contributed by atoms with van der Waals surface area (Å²) in [5.41, 5.74) is 5.39. The Kier molecular flexibility index (Phi) is 3.65. The van der Waals surface area contributed by atoms with E-state index in [-0.39, 0.29) is 5.69 Å². The number of halogens is 1. The van der Waals surface area contributed by atoms with Crippen LogP contribution in [-0.2, 0) is 0 Å². The Bertz CT molecular complexity index is 405. The lowest BCUT2D eigenvalue weighted by molar-refractivity contribution is -0.384. The van der Waals surface area contributed by atoms with E-state index < -0.39 is 16.4 Å². The first-order valence-electron chi connectivity index (χ1n) is 4.99. The zero-order chi connectivity index (χ0) is 12.3. The van der Waals surface area contributed by atoms with E-state index >= 15 is 0 Å². The Morgan fingerprint density at radius 3 is 2.44 bits per heavy atom. The summed E-state index contributed by atoms with van der Waals surface area (Å²) >= 11 is 0. The predicted octanol–water partition coefficient (Wildman–Crippen LogP) is 2.16. The first-order chi connectivity index (χ1) is 7.51. The molecule has 0 aliphatic heterocycles. The molecule has 1 aromatic rings. The number of anilines is 2.